The number of halogens is 1. The first-order chi connectivity index (χ1) is 11.9. The summed E-state index contributed by atoms with van der Waals surface area (Å²) in [7, 11) is -2.54. The number of esters is 1. The van der Waals surface area contributed by atoms with Crippen LogP contribution in [0, 0.1) is 0 Å². The third-order valence-corrected chi connectivity index (χ3v) is 4.97. The summed E-state index contributed by atoms with van der Waals surface area (Å²) in [6, 6.07) is 9.66. The minimum Gasteiger partial charge on any atom is -0.465 e. The maximum absolute atomic E-state index is 13.5. The van der Waals surface area contributed by atoms with Crippen molar-refractivity contribution in [1.82, 2.24) is 9.55 Å². The number of sulfone groups is 1. The first-order valence-electron chi connectivity index (χ1n) is 7.30. The molecule has 0 aliphatic rings. The topological polar surface area (TPSA) is 78.3 Å². The summed E-state index contributed by atoms with van der Waals surface area (Å²) >= 11 is 0. The molecule has 130 valence electrons. The van der Waals surface area contributed by atoms with Crippen LogP contribution in [-0.4, -0.2) is 37.3 Å². The number of hydrogen-bond donors (Lipinski definition) is 0. The maximum atomic E-state index is 13.5. The van der Waals surface area contributed by atoms with Gasteiger partial charge in [-0.05, 0) is 29.8 Å². The Kier molecular flexibility index (Phi) is 4.30. The number of para-hydroxylation sites is 2. The number of nitrogens with zero attached hydrogens (tertiary/aromatic N) is 2. The molecule has 0 saturated carbocycles. The number of fused-ring (bicyclic) bond motifs is 1. The standard InChI is InChI=1S/C17H15FN2O4S/c1-24-17(21)12-8-16(25(2,22)23)15(7-11(12)9-18)20-10-19-13-5-3-4-6-14(13)20/h3-8,10H,9H2,1-2H3. The van der Waals surface area contributed by atoms with Crippen LogP contribution in [0.1, 0.15) is 15.9 Å². The van der Waals surface area contributed by atoms with Gasteiger partial charge in [-0.2, -0.15) is 0 Å². The van der Waals surface area contributed by atoms with Gasteiger partial charge in [-0.1, -0.05) is 12.1 Å². The van der Waals surface area contributed by atoms with Gasteiger partial charge in [0, 0.05) is 6.26 Å². The van der Waals surface area contributed by atoms with Crippen molar-refractivity contribution >= 4 is 26.8 Å². The molecule has 0 aliphatic heterocycles. The molecule has 0 bridgehead atoms. The van der Waals surface area contributed by atoms with E-state index in [1.807, 2.05) is 6.07 Å². The summed E-state index contributed by atoms with van der Waals surface area (Å²) in [6.45, 7) is -0.936. The quantitative estimate of drug-likeness (QED) is 0.667. The molecule has 1 heterocycles. The highest BCUT2D eigenvalue weighted by atomic mass is 32.2. The van der Waals surface area contributed by atoms with Gasteiger partial charge in [-0.3, -0.25) is 4.57 Å². The van der Waals surface area contributed by atoms with E-state index >= 15 is 0 Å². The number of carbonyl (C=O) groups excluding carboxylic acids is 1. The SMILES string of the molecule is COC(=O)c1cc(S(C)(=O)=O)c(-n2cnc3ccccc32)cc1CF. The zero-order valence-corrected chi connectivity index (χ0v) is 14.4. The monoisotopic (exact) mass is 362 g/mol. The van der Waals surface area contributed by atoms with Crippen LogP contribution >= 0.6 is 0 Å². The van der Waals surface area contributed by atoms with Gasteiger partial charge in [0.2, 0.25) is 0 Å². The molecule has 0 amide bonds. The molecular formula is C17H15FN2O4S. The maximum Gasteiger partial charge on any atom is 0.338 e. The van der Waals surface area contributed by atoms with E-state index in [9.17, 15) is 17.6 Å². The van der Waals surface area contributed by atoms with Crippen molar-refractivity contribution in [3.63, 3.8) is 0 Å². The highest BCUT2D eigenvalue weighted by Crippen LogP contribution is 2.28. The highest BCUT2D eigenvalue weighted by Gasteiger charge is 2.23. The van der Waals surface area contributed by atoms with Crippen molar-refractivity contribution in [1.29, 1.82) is 0 Å². The summed E-state index contributed by atoms with van der Waals surface area (Å²) in [5.41, 5.74) is 1.51. The Bertz CT molecular complexity index is 1070. The lowest BCUT2D eigenvalue weighted by atomic mass is 10.1. The molecule has 0 unspecified atom stereocenters. The van der Waals surface area contributed by atoms with Crippen molar-refractivity contribution in [3.8, 4) is 5.69 Å². The van der Waals surface area contributed by atoms with Crippen LogP contribution in [0.25, 0.3) is 16.7 Å². The van der Waals surface area contributed by atoms with Gasteiger partial charge < -0.3 is 4.74 Å². The molecule has 0 saturated heterocycles. The Balaban J connectivity index is 2.38. The van der Waals surface area contributed by atoms with E-state index in [-0.39, 0.29) is 21.7 Å². The normalized spacial score (nSPS) is 11.6. The highest BCUT2D eigenvalue weighted by molar-refractivity contribution is 7.90. The molecule has 6 nitrogen and oxygen atoms in total. The summed E-state index contributed by atoms with van der Waals surface area (Å²) < 4.78 is 44.2. The molecule has 2 aromatic carbocycles. The number of aromatic nitrogens is 2. The molecule has 3 aromatic rings. The van der Waals surface area contributed by atoms with Crippen LogP contribution in [0.3, 0.4) is 0 Å². The predicted octanol–water partition coefficient (Wildman–Crippen LogP) is 2.69. The fourth-order valence-electron chi connectivity index (χ4n) is 2.66. The van der Waals surface area contributed by atoms with E-state index in [1.165, 1.54) is 12.4 Å². The molecule has 3 rings (SSSR count). The first-order valence-corrected chi connectivity index (χ1v) is 9.19. The van der Waals surface area contributed by atoms with Crippen molar-refractivity contribution < 1.29 is 22.3 Å². The number of ether oxygens (including phenoxy) is 1. The van der Waals surface area contributed by atoms with Gasteiger partial charge in [0.05, 0.1) is 34.3 Å². The van der Waals surface area contributed by atoms with E-state index in [0.29, 0.717) is 11.0 Å². The summed E-state index contributed by atoms with van der Waals surface area (Å²) in [5, 5.41) is 0. The third kappa shape index (κ3) is 3.00. The number of benzene rings is 2. The van der Waals surface area contributed by atoms with E-state index in [1.54, 1.807) is 22.8 Å². The van der Waals surface area contributed by atoms with E-state index in [0.717, 1.165) is 19.4 Å². The minimum atomic E-state index is -3.70. The summed E-state index contributed by atoms with van der Waals surface area (Å²) in [6.07, 6.45) is 2.50. The van der Waals surface area contributed by atoms with Gasteiger partial charge in [0.1, 0.15) is 13.0 Å². The van der Waals surface area contributed by atoms with Crippen LogP contribution in [0.15, 0.2) is 47.6 Å². The first kappa shape index (κ1) is 17.1. The van der Waals surface area contributed by atoms with E-state index in [2.05, 4.69) is 9.72 Å². The van der Waals surface area contributed by atoms with Gasteiger partial charge in [-0.15, -0.1) is 0 Å². The van der Waals surface area contributed by atoms with Crippen LogP contribution in [0.4, 0.5) is 4.39 Å². The van der Waals surface area contributed by atoms with E-state index in [4.69, 9.17) is 0 Å². The van der Waals surface area contributed by atoms with Crippen LogP contribution in [0.2, 0.25) is 0 Å². The Hall–Kier alpha value is -2.74. The largest absolute Gasteiger partial charge is 0.465 e. The van der Waals surface area contributed by atoms with Crippen LogP contribution in [-0.2, 0) is 21.2 Å². The second-order valence-electron chi connectivity index (χ2n) is 5.48. The Morgan fingerprint density at radius 3 is 2.64 bits per heavy atom. The van der Waals surface area contributed by atoms with Crippen LogP contribution in [0.5, 0.6) is 0 Å². The van der Waals surface area contributed by atoms with Crippen molar-refractivity contribution in [2.24, 2.45) is 0 Å². The smallest absolute Gasteiger partial charge is 0.338 e. The third-order valence-electron chi connectivity index (χ3n) is 3.85. The van der Waals surface area contributed by atoms with Crippen LogP contribution < -0.4 is 0 Å². The molecular weight excluding hydrogens is 347 g/mol. The number of methoxy groups -OCH3 is 1. The average molecular weight is 362 g/mol. The molecule has 8 heteroatoms. The number of rotatable bonds is 4. The number of hydrogen-bond acceptors (Lipinski definition) is 5. The number of carbonyl (C=O) groups is 1. The lowest BCUT2D eigenvalue weighted by Gasteiger charge is -2.14. The van der Waals surface area contributed by atoms with E-state index < -0.39 is 22.5 Å². The lowest BCUT2D eigenvalue weighted by molar-refractivity contribution is 0.0598. The lowest BCUT2D eigenvalue weighted by Crippen LogP contribution is -2.11. The van der Waals surface area contributed by atoms with Gasteiger partial charge in [0.15, 0.2) is 9.84 Å². The Morgan fingerprint density at radius 1 is 1.28 bits per heavy atom. The predicted molar refractivity (Wildman–Crippen MR) is 90.3 cm³/mol. The van der Waals surface area contributed by atoms with Gasteiger partial charge in [-0.25, -0.2) is 22.6 Å². The molecule has 25 heavy (non-hydrogen) atoms. The van der Waals surface area contributed by atoms with Crippen molar-refractivity contribution in [2.75, 3.05) is 13.4 Å². The fourth-order valence-corrected chi connectivity index (χ4v) is 3.53. The molecule has 0 atom stereocenters. The van der Waals surface area contributed by atoms with Crippen molar-refractivity contribution in [2.45, 2.75) is 11.6 Å². The molecule has 0 aliphatic carbocycles. The molecule has 0 fully saturated rings. The Morgan fingerprint density at radius 2 is 2.00 bits per heavy atom. The summed E-state index contributed by atoms with van der Waals surface area (Å²) in [4.78, 5) is 16.0. The zero-order chi connectivity index (χ0) is 18.2. The fraction of sp³-hybridized carbons (Fsp3) is 0.176. The molecule has 0 spiro atoms. The second kappa shape index (κ2) is 6.29. The molecule has 1 aromatic heterocycles. The number of imidazole rings is 1. The van der Waals surface area contributed by atoms with Gasteiger partial charge >= 0.3 is 5.97 Å². The molecule has 0 radical (unpaired) electrons. The second-order valence-corrected chi connectivity index (χ2v) is 7.46. The van der Waals surface area contributed by atoms with Crippen molar-refractivity contribution in [3.05, 3.63) is 53.9 Å². The zero-order valence-electron chi connectivity index (χ0n) is 13.6. The molecule has 0 N–H and O–H groups in total. The minimum absolute atomic E-state index is 0.0482. The van der Waals surface area contributed by atoms with Gasteiger partial charge in [0.25, 0.3) is 0 Å². The average Bonchev–Trinajstić information content (AvgIpc) is 3.03. The number of alkyl halides is 1. The summed E-state index contributed by atoms with van der Waals surface area (Å²) in [5.74, 6) is -0.792. The Labute approximate surface area is 143 Å².